The first-order valence-electron chi connectivity index (χ1n) is 5.85. The zero-order valence-electron chi connectivity index (χ0n) is 10.0. The Hall–Kier alpha value is -1.96. The quantitative estimate of drug-likeness (QED) is 0.762. The van der Waals surface area contributed by atoms with E-state index >= 15 is 0 Å². The number of pyridine rings is 1. The molecule has 1 aromatic heterocycles. The third-order valence-corrected chi connectivity index (χ3v) is 3.27. The van der Waals surface area contributed by atoms with Gasteiger partial charge in [0.25, 0.3) is 0 Å². The highest BCUT2D eigenvalue weighted by Crippen LogP contribution is 2.30. The molecule has 0 amide bonds. The summed E-state index contributed by atoms with van der Waals surface area (Å²) in [6.07, 6.45) is 3.51. The summed E-state index contributed by atoms with van der Waals surface area (Å²) in [5.41, 5.74) is 13.3. The molecular formula is C12H17N5. The molecular weight excluding hydrogens is 214 g/mol. The van der Waals surface area contributed by atoms with E-state index < -0.39 is 0 Å². The third-order valence-electron chi connectivity index (χ3n) is 3.27. The molecule has 0 bridgehead atoms. The van der Waals surface area contributed by atoms with E-state index in [1.807, 2.05) is 6.92 Å². The second kappa shape index (κ2) is 4.50. The maximum absolute atomic E-state index is 9.23. The van der Waals surface area contributed by atoms with Gasteiger partial charge in [-0.25, -0.2) is 4.98 Å². The number of nitrogen functional groups attached to an aromatic ring is 2. The monoisotopic (exact) mass is 231 g/mol. The molecule has 5 nitrogen and oxygen atoms in total. The van der Waals surface area contributed by atoms with Crippen molar-refractivity contribution in [1.82, 2.24) is 4.98 Å². The Bertz CT molecular complexity index is 469. The lowest BCUT2D eigenvalue weighted by Gasteiger charge is -2.29. The summed E-state index contributed by atoms with van der Waals surface area (Å²) in [5, 5.41) is 9.23. The number of nitrogens with zero attached hydrogens (tertiary/aromatic N) is 3. The van der Waals surface area contributed by atoms with Gasteiger partial charge in [-0.15, -0.1) is 0 Å². The molecule has 4 N–H and O–H groups in total. The van der Waals surface area contributed by atoms with E-state index in [1.54, 1.807) is 0 Å². The number of rotatable bonds is 1. The van der Waals surface area contributed by atoms with Crippen LogP contribution >= 0.6 is 0 Å². The van der Waals surface area contributed by atoms with Crippen molar-refractivity contribution in [1.29, 1.82) is 5.26 Å². The number of aromatic nitrogens is 1. The van der Waals surface area contributed by atoms with E-state index in [2.05, 4.69) is 16.0 Å². The van der Waals surface area contributed by atoms with Crippen LogP contribution in [0, 0.1) is 18.3 Å². The minimum atomic E-state index is 0.321. The predicted octanol–water partition coefficient (Wildman–Crippen LogP) is 1.42. The molecule has 90 valence electrons. The maximum Gasteiger partial charge on any atom is 0.149 e. The van der Waals surface area contributed by atoms with Gasteiger partial charge in [-0.2, -0.15) is 5.26 Å². The molecule has 1 saturated heterocycles. The Kier molecular flexibility index (Phi) is 3.05. The summed E-state index contributed by atoms with van der Waals surface area (Å²) in [4.78, 5) is 6.41. The molecule has 17 heavy (non-hydrogen) atoms. The van der Waals surface area contributed by atoms with E-state index in [1.165, 1.54) is 6.42 Å². The third kappa shape index (κ3) is 1.98. The molecule has 0 saturated carbocycles. The molecule has 0 aromatic carbocycles. The standard InChI is InChI=1S/C12H17N5/c1-8-9(7-13)12(16-11(15)10(8)14)17-5-3-2-4-6-17/h2-6,14H2,1H3,(H2,15,16). The fourth-order valence-electron chi connectivity index (χ4n) is 2.19. The normalized spacial score (nSPS) is 15.6. The Morgan fingerprint density at radius 2 is 1.88 bits per heavy atom. The van der Waals surface area contributed by atoms with Gasteiger partial charge >= 0.3 is 0 Å². The lowest BCUT2D eigenvalue weighted by Crippen LogP contribution is -2.31. The zero-order valence-corrected chi connectivity index (χ0v) is 10.0. The first kappa shape index (κ1) is 11.5. The predicted molar refractivity (Wildman–Crippen MR) is 68.6 cm³/mol. The van der Waals surface area contributed by atoms with Crippen molar-refractivity contribution in [2.24, 2.45) is 0 Å². The smallest absolute Gasteiger partial charge is 0.149 e. The fraction of sp³-hybridized carbons (Fsp3) is 0.500. The number of nitrogens with two attached hydrogens (primary N) is 2. The van der Waals surface area contributed by atoms with Gasteiger partial charge in [-0.3, -0.25) is 0 Å². The SMILES string of the molecule is Cc1c(N)c(N)nc(N2CCCCC2)c1C#N. The molecule has 2 rings (SSSR count). The van der Waals surface area contributed by atoms with Gasteiger partial charge in [-0.05, 0) is 31.7 Å². The van der Waals surface area contributed by atoms with E-state index in [4.69, 9.17) is 11.5 Å². The lowest BCUT2D eigenvalue weighted by molar-refractivity contribution is 0.573. The molecule has 5 heteroatoms. The molecule has 2 heterocycles. The number of nitriles is 1. The second-order valence-electron chi connectivity index (χ2n) is 4.39. The van der Waals surface area contributed by atoms with Crippen LogP contribution < -0.4 is 16.4 Å². The first-order chi connectivity index (χ1) is 8.15. The Labute approximate surface area is 101 Å². The van der Waals surface area contributed by atoms with Crippen LogP contribution in [-0.4, -0.2) is 18.1 Å². The van der Waals surface area contributed by atoms with Gasteiger partial charge in [0.2, 0.25) is 0 Å². The van der Waals surface area contributed by atoms with E-state index in [0.29, 0.717) is 22.9 Å². The van der Waals surface area contributed by atoms with Crippen LogP contribution in [0.25, 0.3) is 0 Å². The number of piperidine rings is 1. The van der Waals surface area contributed by atoms with Gasteiger partial charge in [0.1, 0.15) is 17.7 Å². The Balaban J connectivity index is 2.49. The van der Waals surface area contributed by atoms with Crippen LogP contribution in [0.1, 0.15) is 30.4 Å². The number of hydrogen-bond acceptors (Lipinski definition) is 5. The van der Waals surface area contributed by atoms with Gasteiger partial charge in [0.05, 0.1) is 11.3 Å². The Morgan fingerprint density at radius 3 is 2.47 bits per heavy atom. The number of anilines is 3. The van der Waals surface area contributed by atoms with Crippen LogP contribution in [-0.2, 0) is 0 Å². The zero-order chi connectivity index (χ0) is 12.4. The van der Waals surface area contributed by atoms with E-state index in [9.17, 15) is 5.26 Å². The van der Waals surface area contributed by atoms with Crippen molar-refractivity contribution < 1.29 is 0 Å². The van der Waals surface area contributed by atoms with Crippen molar-refractivity contribution >= 4 is 17.3 Å². The summed E-state index contributed by atoms with van der Waals surface area (Å²) in [7, 11) is 0. The van der Waals surface area contributed by atoms with Crippen LogP contribution in [0.15, 0.2) is 0 Å². The van der Waals surface area contributed by atoms with Crippen molar-refractivity contribution in [2.45, 2.75) is 26.2 Å². The average Bonchev–Trinajstić information content (AvgIpc) is 2.36. The summed E-state index contributed by atoms with van der Waals surface area (Å²) < 4.78 is 0. The van der Waals surface area contributed by atoms with Crippen molar-refractivity contribution in [3.63, 3.8) is 0 Å². The van der Waals surface area contributed by atoms with Gasteiger partial charge in [0, 0.05) is 13.1 Å². The van der Waals surface area contributed by atoms with Crippen molar-refractivity contribution in [3.05, 3.63) is 11.1 Å². The highest BCUT2D eigenvalue weighted by atomic mass is 15.2. The average molecular weight is 231 g/mol. The molecule has 0 unspecified atom stereocenters. The van der Waals surface area contributed by atoms with Crippen LogP contribution in [0.4, 0.5) is 17.3 Å². The highest BCUT2D eigenvalue weighted by molar-refractivity contribution is 5.73. The van der Waals surface area contributed by atoms with Crippen LogP contribution in [0.5, 0.6) is 0 Å². The number of hydrogen-bond donors (Lipinski definition) is 2. The Morgan fingerprint density at radius 1 is 1.24 bits per heavy atom. The summed E-state index contributed by atoms with van der Waals surface area (Å²) in [6.45, 7) is 3.69. The highest BCUT2D eigenvalue weighted by Gasteiger charge is 2.20. The van der Waals surface area contributed by atoms with Crippen molar-refractivity contribution in [3.8, 4) is 6.07 Å². The molecule has 1 aliphatic heterocycles. The topological polar surface area (TPSA) is 92.0 Å². The minimum absolute atomic E-state index is 0.321. The van der Waals surface area contributed by atoms with Crippen molar-refractivity contribution in [2.75, 3.05) is 29.5 Å². The summed E-state index contributed by atoms with van der Waals surface area (Å²) in [5.74, 6) is 1.01. The lowest BCUT2D eigenvalue weighted by atomic mass is 10.1. The molecule has 0 radical (unpaired) electrons. The second-order valence-corrected chi connectivity index (χ2v) is 4.39. The van der Waals surface area contributed by atoms with E-state index in [0.717, 1.165) is 31.5 Å². The molecule has 0 atom stereocenters. The molecule has 1 fully saturated rings. The largest absolute Gasteiger partial charge is 0.395 e. The van der Waals surface area contributed by atoms with Gasteiger partial charge in [0.15, 0.2) is 0 Å². The molecule has 0 aliphatic carbocycles. The van der Waals surface area contributed by atoms with Gasteiger partial charge in [-0.1, -0.05) is 0 Å². The van der Waals surface area contributed by atoms with Crippen LogP contribution in [0.2, 0.25) is 0 Å². The summed E-state index contributed by atoms with van der Waals surface area (Å²) in [6, 6.07) is 2.19. The molecule has 0 spiro atoms. The van der Waals surface area contributed by atoms with Gasteiger partial charge < -0.3 is 16.4 Å². The first-order valence-corrected chi connectivity index (χ1v) is 5.85. The molecule has 1 aromatic rings. The molecule has 1 aliphatic rings. The fourth-order valence-corrected chi connectivity index (χ4v) is 2.19. The van der Waals surface area contributed by atoms with E-state index in [-0.39, 0.29) is 0 Å². The summed E-state index contributed by atoms with van der Waals surface area (Å²) >= 11 is 0. The van der Waals surface area contributed by atoms with Crippen LogP contribution in [0.3, 0.4) is 0 Å². The minimum Gasteiger partial charge on any atom is -0.395 e. The maximum atomic E-state index is 9.23.